The van der Waals surface area contributed by atoms with E-state index in [9.17, 15) is 0 Å². The highest BCUT2D eigenvalue weighted by atomic mass is 15.3. The van der Waals surface area contributed by atoms with Crippen molar-refractivity contribution >= 4 is 0 Å². The first kappa shape index (κ1) is 16.3. The van der Waals surface area contributed by atoms with E-state index in [-0.39, 0.29) is 0 Å². The first-order valence-electron chi connectivity index (χ1n) is 10.7. The third-order valence-electron chi connectivity index (χ3n) is 7.91. The molecule has 0 radical (unpaired) electrons. The van der Waals surface area contributed by atoms with Crippen LogP contribution in [0.5, 0.6) is 0 Å². The second kappa shape index (κ2) is 6.38. The maximum atomic E-state index is 4.72. The lowest BCUT2D eigenvalue weighted by molar-refractivity contribution is 0.149. The van der Waals surface area contributed by atoms with Gasteiger partial charge in [0.05, 0.1) is 11.7 Å². The molecule has 2 aliphatic heterocycles. The van der Waals surface area contributed by atoms with E-state index in [1.165, 1.54) is 83.2 Å². The second-order valence-electron chi connectivity index (χ2n) is 9.66. The molecule has 0 spiro atoms. The zero-order valence-corrected chi connectivity index (χ0v) is 15.8. The van der Waals surface area contributed by atoms with Crippen molar-refractivity contribution in [3.05, 3.63) is 18.0 Å². The van der Waals surface area contributed by atoms with Gasteiger partial charge in [0.2, 0.25) is 0 Å². The van der Waals surface area contributed by atoms with Gasteiger partial charge in [-0.1, -0.05) is 0 Å². The lowest BCUT2D eigenvalue weighted by Gasteiger charge is -2.38. The molecule has 2 unspecified atom stereocenters. The van der Waals surface area contributed by atoms with Gasteiger partial charge >= 0.3 is 0 Å². The van der Waals surface area contributed by atoms with Crippen LogP contribution < -0.4 is 5.32 Å². The zero-order valence-electron chi connectivity index (χ0n) is 15.8. The largest absolute Gasteiger partial charge is 0.316 e. The van der Waals surface area contributed by atoms with Crippen molar-refractivity contribution in [1.29, 1.82) is 0 Å². The summed E-state index contributed by atoms with van der Waals surface area (Å²) in [4.78, 5) is 2.76. The van der Waals surface area contributed by atoms with Gasteiger partial charge in [0.15, 0.2) is 0 Å². The Morgan fingerprint density at radius 1 is 1.16 bits per heavy atom. The average Bonchev–Trinajstić information content (AvgIpc) is 3.29. The van der Waals surface area contributed by atoms with Gasteiger partial charge in [0.1, 0.15) is 0 Å². The number of nitrogens with zero attached hydrogens (tertiary/aromatic N) is 3. The monoisotopic (exact) mass is 342 g/mol. The molecule has 0 bridgehead atoms. The summed E-state index contributed by atoms with van der Waals surface area (Å²) in [6.07, 6.45) is 14.1. The van der Waals surface area contributed by atoms with Crippen molar-refractivity contribution < 1.29 is 0 Å². The maximum absolute atomic E-state index is 4.72. The second-order valence-corrected chi connectivity index (χ2v) is 9.66. The molecule has 2 saturated carbocycles. The molecule has 0 amide bonds. The molecule has 4 heteroatoms. The summed E-state index contributed by atoms with van der Waals surface area (Å²) in [5.41, 5.74) is 1.81. The van der Waals surface area contributed by atoms with Crippen LogP contribution in [0.4, 0.5) is 0 Å². The summed E-state index contributed by atoms with van der Waals surface area (Å²) in [5, 5.41) is 8.29. The smallest absolute Gasteiger partial charge is 0.0599 e. The van der Waals surface area contributed by atoms with Crippen LogP contribution in [0.3, 0.4) is 0 Å². The predicted octanol–water partition coefficient (Wildman–Crippen LogP) is 3.21. The van der Waals surface area contributed by atoms with Gasteiger partial charge in [-0.15, -0.1) is 0 Å². The number of nitrogens with one attached hydrogen (secondary N) is 1. The van der Waals surface area contributed by atoms with Crippen LogP contribution in [-0.2, 0) is 5.54 Å². The fraction of sp³-hybridized carbons (Fsp3) is 0.857. The first-order chi connectivity index (χ1) is 12.2. The minimum absolute atomic E-state index is 0.314. The minimum atomic E-state index is 0.314. The van der Waals surface area contributed by atoms with Gasteiger partial charge in [-0.25, -0.2) is 0 Å². The number of rotatable bonds is 4. The van der Waals surface area contributed by atoms with Gasteiger partial charge in [-0.2, -0.15) is 5.10 Å². The number of fused-ring (bicyclic) bond motifs is 1. The lowest BCUT2D eigenvalue weighted by atomic mass is 9.79. The third-order valence-corrected chi connectivity index (χ3v) is 7.91. The van der Waals surface area contributed by atoms with Gasteiger partial charge in [0.25, 0.3) is 0 Å². The van der Waals surface area contributed by atoms with Crippen molar-refractivity contribution in [2.75, 3.05) is 32.7 Å². The van der Waals surface area contributed by atoms with E-state index in [4.69, 9.17) is 5.10 Å². The molecule has 2 aliphatic carbocycles. The standard InChI is InChI=1S/C21H34N4/c1-21(5-2-6-21)25-15-20(13-23-25)17-3-7-24(8-4-17)14-16-9-18-11-22-12-19(18)10-16/h13,15-19,22H,2-12,14H2,1H3. The number of hydrogen-bond acceptors (Lipinski definition) is 3. The summed E-state index contributed by atoms with van der Waals surface area (Å²) >= 11 is 0. The topological polar surface area (TPSA) is 33.1 Å². The normalized spacial score (nSPS) is 35.6. The lowest BCUT2D eigenvalue weighted by Crippen LogP contribution is -2.37. The maximum Gasteiger partial charge on any atom is 0.0599 e. The van der Waals surface area contributed by atoms with E-state index in [0.717, 1.165) is 23.7 Å². The van der Waals surface area contributed by atoms with E-state index in [2.05, 4.69) is 34.2 Å². The summed E-state index contributed by atoms with van der Waals surface area (Å²) in [6, 6.07) is 0. The SMILES string of the molecule is CC1(n2cc(C3CCN(CC4CC5CNCC5C4)CC3)cn2)CCC1. The molecule has 4 nitrogen and oxygen atoms in total. The minimum Gasteiger partial charge on any atom is -0.316 e. The zero-order chi connectivity index (χ0) is 16.9. The highest BCUT2D eigenvalue weighted by molar-refractivity contribution is 5.14. The molecular weight excluding hydrogens is 308 g/mol. The Bertz CT molecular complexity index is 585. The van der Waals surface area contributed by atoms with Crippen molar-refractivity contribution in [2.45, 2.75) is 63.3 Å². The fourth-order valence-corrected chi connectivity index (χ4v) is 6.01. The molecule has 138 valence electrons. The molecule has 5 rings (SSSR count). The van der Waals surface area contributed by atoms with Crippen molar-refractivity contribution in [3.63, 3.8) is 0 Å². The first-order valence-corrected chi connectivity index (χ1v) is 10.7. The van der Waals surface area contributed by atoms with Crippen LogP contribution >= 0.6 is 0 Å². The molecule has 1 N–H and O–H groups in total. The Morgan fingerprint density at radius 2 is 1.88 bits per heavy atom. The summed E-state index contributed by atoms with van der Waals surface area (Å²) < 4.78 is 2.27. The van der Waals surface area contributed by atoms with E-state index in [0.29, 0.717) is 5.54 Å². The van der Waals surface area contributed by atoms with Crippen LogP contribution in [0.25, 0.3) is 0 Å². The Balaban J connectivity index is 1.13. The molecular formula is C21H34N4. The van der Waals surface area contributed by atoms with Gasteiger partial charge in [0, 0.05) is 12.7 Å². The van der Waals surface area contributed by atoms with Crippen LogP contribution in [0.2, 0.25) is 0 Å². The molecule has 1 aromatic heterocycles. The molecule has 25 heavy (non-hydrogen) atoms. The van der Waals surface area contributed by atoms with Gasteiger partial charge in [-0.05, 0) is 107 Å². The van der Waals surface area contributed by atoms with Crippen LogP contribution in [0, 0.1) is 17.8 Å². The summed E-state index contributed by atoms with van der Waals surface area (Å²) in [6.45, 7) is 8.87. The van der Waals surface area contributed by atoms with Gasteiger partial charge < -0.3 is 10.2 Å². The number of hydrogen-bond donors (Lipinski definition) is 1. The number of aromatic nitrogens is 2. The summed E-state index contributed by atoms with van der Waals surface area (Å²) in [7, 11) is 0. The van der Waals surface area contributed by atoms with Crippen LogP contribution in [0.1, 0.15) is 63.4 Å². The molecule has 4 fully saturated rings. The van der Waals surface area contributed by atoms with Crippen molar-refractivity contribution in [1.82, 2.24) is 20.0 Å². The van der Waals surface area contributed by atoms with E-state index in [1.54, 1.807) is 0 Å². The Kier molecular flexibility index (Phi) is 4.16. The number of likely N-dealkylation sites (tertiary alicyclic amines) is 1. The van der Waals surface area contributed by atoms with Gasteiger partial charge in [-0.3, -0.25) is 4.68 Å². The Labute approximate surface area is 152 Å². The Morgan fingerprint density at radius 3 is 2.52 bits per heavy atom. The van der Waals surface area contributed by atoms with E-state index >= 15 is 0 Å². The quantitative estimate of drug-likeness (QED) is 0.912. The van der Waals surface area contributed by atoms with E-state index < -0.39 is 0 Å². The Hall–Kier alpha value is -0.870. The highest BCUT2D eigenvalue weighted by Gasteiger charge is 2.38. The molecule has 4 aliphatic rings. The summed E-state index contributed by atoms with van der Waals surface area (Å²) in [5.74, 6) is 3.68. The molecule has 2 atom stereocenters. The number of piperidine rings is 1. The molecule has 3 heterocycles. The van der Waals surface area contributed by atoms with Crippen LogP contribution in [0.15, 0.2) is 12.4 Å². The van der Waals surface area contributed by atoms with Crippen molar-refractivity contribution in [3.8, 4) is 0 Å². The molecule has 0 aromatic carbocycles. The highest BCUT2D eigenvalue weighted by Crippen LogP contribution is 2.41. The van der Waals surface area contributed by atoms with E-state index in [1.807, 2.05) is 0 Å². The average molecular weight is 343 g/mol. The third kappa shape index (κ3) is 3.06. The molecule has 1 aromatic rings. The fourth-order valence-electron chi connectivity index (χ4n) is 6.01. The molecule has 2 saturated heterocycles. The van der Waals surface area contributed by atoms with Crippen LogP contribution in [-0.4, -0.2) is 47.4 Å². The predicted molar refractivity (Wildman–Crippen MR) is 101 cm³/mol. The van der Waals surface area contributed by atoms with Crippen molar-refractivity contribution in [2.24, 2.45) is 17.8 Å².